The Kier molecular flexibility index (Phi) is 5.00. The highest BCUT2D eigenvalue weighted by Crippen LogP contribution is 2.18. The number of rotatable bonds is 5. The molecule has 0 aliphatic heterocycles. The molecule has 1 rings (SSSR count). The maximum atomic E-state index is 11.9. The fourth-order valence-electron chi connectivity index (χ4n) is 1.07. The first-order chi connectivity index (χ1) is 8.29. The van der Waals surface area contributed by atoms with Crippen LogP contribution in [0.25, 0.3) is 0 Å². The normalized spacial score (nSPS) is 11.9. The van der Waals surface area contributed by atoms with E-state index in [1.54, 1.807) is 9.88 Å². The highest BCUT2D eigenvalue weighted by molar-refractivity contribution is 7.99. The number of halogens is 3. The highest BCUT2D eigenvalue weighted by atomic mass is 32.2. The van der Waals surface area contributed by atoms with Gasteiger partial charge in [-0.3, -0.25) is 4.79 Å². The molecule has 9 heteroatoms. The van der Waals surface area contributed by atoms with Crippen molar-refractivity contribution in [3.8, 4) is 0 Å². The van der Waals surface area contributed by atoms with Crippen LogP contribution in [0.1, 0.15) is 19.9 Å². The van der Waals surface area contributed by atoms with Crippen LogP contribution in [-0.2, 0) is 4.79 Å². The van der Waals surface area contributed by atoms with Gasteiger partial charge in [-0.2, -0.15) is 13.2 Å². The van der Waals surface area contributed by atoms with Crippen LogP contribution in [0.2, 0.25) is 0 Å². The number of nitrogens with zero attached hydrogens (tertiary/aromatic N) is 3. The van der Waals surface area contributed by atoms with Gasteiger partial charge < -0.3 is 9.88 Å². The first-order valence-electron chi connectivity index (χ1n) is 5.15. The molecule has 1 amide bonds. The summed E-state index contributed by atoms with van der Waals surface area (Å²) in [4.78, 5) is 11.2. The van der Waals surface area contributed by atoms with Gasteiger partial charge in [0.25, 0.3) is 0 Å². The number of hydrogen-bond donors (Lipinski definition) is 1. The second kappa shape index (κ2) is 6.07. The lowest BCUT2D eigenvalue weighted by Crippen LogP contribution is -2.34. The van der Waals surface area contributed by atoms with Gasteiger partial charge in [-0.15, -0.1) is 10.2 Å². The van der Waals surface area contributed by atoms with E-state index in [9.17, 15) is 18.0 Å². The molecule has 0 radical (unpaired) electrons. The molecule has 0 saturated heterocycles. The molecule has 0 aliphatic rings. The minimum atomic E-state index is -4.39. The number of hydrogen-bond acceptors (Lipinski definition) is 4. The predicted molar refractivity (Wildman–Crippen MR) is 60.2 cm³/mol. The number of amides is 1. The van der Waals surface area contributed by atoms with Gasteiger partial charge in [0.1, 0.15) is 12.9 Å². The summed E-state index contributed by atoms with van der Waals surface area (Å²) in [7, 11) is 0. The molecule has 1 N–H and O–H groups in total. The Morgan fingerprint density at radius 1 is 1.56 bits per heavy atom. The molecule has 0 bridgehead atoms. The molecule has 1 aromatic heterocycles. The Balaban J connectivity index is 2.41. The van der Waals surface area contributed by atoms with Crippen LogP contribution < -0.4 is 5.32 Å². The van der Waals surface area contributed by atoms with Gasteiger partial charge in [-0.25, -0.2) is 0 Å². The zero-order valence-corrected chi connectivity index (χ0v) is 10.7. The lowest BCUT2D eigenvalue weighted by molar-refractivity contribution is -0.136. The van der Waals surface area contributed by atoms with Gasteiger partial charge in [0.15, 0.2) is 5.16 Å². The number of thioether (sulfide) groups is 1. The molecule has 0 aliphatic carbocycles. The third kappa shape index (κ3) is 4.94. The van der Waals surface area contributed by atoms with Gasteiger partial charge >= 0.3 is 6.18 Å². The molecule has 0 atom stereocenters. The Hall–Kier alpha value is -1.25. The van der Waals surface area contributed by atoms with Crippen LogP contribution in [0, 0.1) is 0 Å². The minimum Gasteiger partial charge on any atom is -0.346 e. The van der Waals surface area contributed by atoms with Crippen LogP contribution in [-0.4, -0.2) is 39.1 Å². The van der Waals surface area contributed by atoms with Gasteiger partial charge in [0.2, 0.25) is 5.91 Å². The van der Waals surface area contributed by atoms with E-state index in [1.165, 1.54) is 6.33 Å². The molecule has 1 heterocycles. The summed E-state index contributed by atoms with van der Waals surface area (Å²) in [5.74, 6) is -0.808. The van der Waals surface area contributed by atoms with Crippen molar-refractivity contribution in [2.75, 3.05) is 12.3 Å². The number of alkyl halides is 3. The summed E-state index contributed by atoms with van der Waals surface area (Å²) in [5.41, 5.74) is 0. The fourth-order valence-corrected chi connectivity index (χ4v) is 1.94. The van der Waals surface area contributed by atoms with E-state index in [4.69, 9.17) is 0 Å². The summed E-state index contributed by atoms with van der Waals surface area (Å²) in [6.07, 6.45) is -2.88. The highest BCUT2D eigenvalue weighted by Gasteiger charge is 2.27. The second-order valence-electron chi connectivity index (χ2n) is 3.80. The third-order valence-electron chi connectivity index (χ3n) is 1.91. The summed E-state index contributed by atoms with van der Waals surface area (Å²) in [6.45, 7) is 2.51. The van der Waals surface area contributed by atoms with Crippen LogP contribution in [0.15, 0.2) is 11.5 Å². The second-order valence-corrected chi connectivity index (χ2v) is 4.74. The van der Waals surface area contributed by atoms with Crippen molar-refractivity contribution in [1.29, 1.82) is 0 Å². The van der Waals surface area contributed by atoms with Gasteiger partial charge in [-0.05, 0) is 13.8 Å². The summed E-state index contributed by atoms with van der Waals surface area (Å²) >= 11 is 1.05. The first-order valence-corrected chi connectivity index (χ1v) is 6.14. The summed E-state index contributed by atoms with van der Waals surface area (Å²) in [6, 6.07) is 0.126. The molecule has 0 aromatic carbocycles. The van der Waals surface area contributed by atoms with Crippen LogP contribution >= 0.6 is 11.8 Å². The quantitative estimate of drug-likeness (QED) is 0.834. The van der Waals surface area contributed by atoms with Gasteiger partial charge in [0.05, 0.1) is 5.75 Å². The van der Waals surface area contributed by atoms with Crippen LogP contribution in [0.3, 0.4) is 0 Å². The van der Waals surface area contributed by atoms with E-state index in [0.717, 1.165) is 11.8 Å². The summed E-state index contributed by atoms with van der Waals surface area (Å²) < 4.78 is 37.3. The van der Waals surface area contributed by atoms with Gasteiger partial charge in [-0.1, -0.05) is 11.8 Å². The number of aromatic nitrogens is 3. The fraction of sp³-hybridized carbons (Fsp3) is 0.667. The maximum absolute atomic E-state index is 11.9. The first kappa shape index (κ1) is 14.8. The largest absolute Gasteiger partial charge is 0.405 e. The molecule has 0 spiro atoms. The SMILES string of the molecule is CC(C)n1cnnc1SCC(=O)NCC(F)(F)F. The van der Waals surface area contributed by atoms with Crippen LogP contribution in [0.4, 0.5) is 13.2 Å². The number of carbonyl (C=O) groups excluding carboxylic acids is 1. The molecule has 0 fully saturated rings. The number of nitrogens with one attached hydrogen (secondary N) is 1. The molecule has 18 heavy (non-hydrogen) atoms. The molecular weight excluding hydrogens is 269 g/mol. The molecular formula is C9H13F3N4OS. The standard InChI is InChI=1S/C9H13F3N4OS/c1-6(2)16-5-14-15-8(16)18-3-7(17)13-4-9(10,11)12/h5-6H,3-4H2,1-2H3,(H,13,17). The Morgan fingerprint density at radius 2 is 2.22 bits per heavy atom. The Labute approximate surface area is 106 Å². The molecule has 5 nitrogen and oxygen atoms in total. The van der Waals surface area contributed by atoms with Crippen molar-refractivity contribution >= 4 is 17.7 Å². The Bertz CT molecular complexity index is 405. The zero-order valence-electron chi connectivity index (χ0n) is 9.86. The van der Waals surface area contributed by atoms with Crippen LogP contribution in [0.5, 0.6) is 0 Å². The van der Waals surface area contributed by atoms with E-state index in [2.05, 4.69) is 10.2 Å². The van der Waals surface area contributed by atoms with E-state index in [0.29, 0.717) is 5.16 Å². The lowest BCUT2D eigenvalue weighted by Gasteiger charge is -2.10. The topological polar surface area (TPSA) is 59.8 Å². The maximum Gasteiger partial charge on any atom is 0.405 e. The summed E-state index contributed by atoms with van der Waals surface area (Å²) in [5, 5.41) is 9.78. The molecule has 0 saturated carbocycles. The van der Waals surface area contributed by atoms with Crippen molar-refractivity contribution < 1.29 is 18.0 Å². The third-order valence-corrected chi connectivity index (χ3v) is 2.87. The van der Waals surface area contributed by atoms with Crippen molar-refractivity contribution in [1.82, 2.24) is 20.1 Å². The molecule has 0 unspecified atom stereocenters. The zero-order chi connectivity index (χ0) is 13.8. The van der Waals surface area contributed by atoms with E-state index in [-0.39, 0.29) is 11.8 Å². The molecule has 1 aromatic rings. The average Bonchev–Trinajstić information content (AvgIpc) is 2.70. The van der Waals surface area contributed by atoms with Crippen molar-refractivity contribution in [3.63, 3.8) is 0 Å². The Morgan fingerprint density at radius 3 is 2.78 bits per heavy atom. The van der Waals surface area contributed by atoms with Gasteiger partial charge in [0, 0.05) is 6.04 Å². The lowest BCUT2D eigenvalue weighted by atomic mass is 10.4. The minimum absolute atomic E-state index is 0.124. The average molecular weight is 282 g/mol. The van der Waals surface area contributed by atoms with Crippen molar-refractivity contribution in [2.24, 2.45) is 0 Å². The molecule has 102 valence electrons. The van der Waals surface area contributed by atoms with Crippen molar-refractivity contribution in [3.05, 3.63) is 6.33 Å². The monoisotopic (exact) mass is 282 g/mol. The van der Waals surface area contributed by atoms with E-state index >= 15 is 0 Å². The van der Waals surface area contributed by atoms with E-state index in [1.807, 2.05) is 13.8 Å². The van der Waals surface area contributed by atoms with E-state index < -0.39 is 18.6 Å². The van der Waals surface area contributed by atoms with Crippen molar-refractivity contribution in [2.45, 2.75) is 31.2 Å². The predicted octanol–water partition coefficient (Wildman–Crippen LogP) is 1.63. The smallest absolute Gasteiger partial charge is 0.346 e. The number of carbonyl (C=O) groups is 1.